The number of hydrogen-bond acceptors (Lipinski definition) is 5. The molecule has 0 bridgehead atoms. The molecule has 0 saturated heterocycles. The van der Waals surface area contributed by atoms with E-state index in [9.17, 15) is 14.4 Å². The van der Waals surface area contributed by atoms with Crippen molar-refractivity contribution in [1.82, 2.24) is 19.4 Å². The molecular weight excluding hydrogens is 394 g/mol. The van der Waals surface area contributed by atoms with Crippen molar-refractivity contribution in [3.8, 4) is 0 Å². The number of nitrogens with one attached hydrogen (secondary N) is 2. The summed E-state index contributed by atoms with van der Waals surface area (Å²) in [6, 6.07) is 9.39. The van der Waals surface area contributed by atoms with Gasteiger partial charge < -0.3 is 10.2 Å². The lowest BCUT2D eigenvalue weighted by Gasteiger charge is -2.13. The second kappa shape index (κ2) is 8.47. The number of benzene rings is 1. The summed E-state index contributed by atoms with van der Waals surface area (Å²) >= 11 is 0. The van der Waals surface area contributed by atoms with E-state index >= 15 is 0 Å². The zero-order valence-electron chi connectivity index (χ0n) is 18.1. The number of carbonyl (C=O) groups excluding carboxylic acids is 1. The van der Waals surface area contributed by atoms with Crippen molar-refractivity contribution in [2.75, 3.05) is 26.0 Å². The van der Waals surface area contributed by atoms with Gasteiger partial charge in [0.05, 0.1) is 10.9 Å². The minimum absolute atomic E-state index is 0.144. The van der Waals surface area contributed by atoms with Crippen LogP contribution in [-0.2, 0) is 13.0 Å². The van der Waals surface area contributed by atoms with Gasteiger partial charge in [0.15, 0.2) is 5.65 Å². The SMILES string of the molecule is CCn1c(=O)[nH]c(=O)c2c(C(=O)Nc3ccc(CCN(C)C)cc3)cc(C3CC3)nc21. The van der Waals surface area contributed by atoms with Crippen LogP contribution in [0.25, 0.3) is 11.0 Å². The fraction of sp³-hybridized carbons (Fsp3) is 0.391. The third kappa shape index (κ3) is 4.44. The van der Waals surface area contributed by atoms with E-state index in [-0.39, 0.29) is 28.4 Å². The highest BCUT2D eigenvalue weighted by Gasteiger charge is 2.28. The van der Waals surface area contributed by atoms with E-state index in [4.69, 9.17) is 0 Å². The number of aromatic amines is 1. The molecule has 1 saturated carbocycles. The van der Waals surface area contributed by atoms with E-state index < -0.39 is 11.2 Å². The summed E-state index contributed by atoms with van der Waals surface area (Å²) in [4.78, 5) is 47.1. The Kier molecular flexibility index (Phi) is 5.73. The molecule has 2 N–H and O–H groups in total. The van der Waals surface area contributed by atoms with Crippen molar-refractivity contribution in [3.05, 3.63) is 68.0 Å². The van der Waals surface area contributed by atoms with Crippen LogP contribution in [-0.4, -0.2) is 46.0 Å². The highest BCUT2D eigenvalue weighted by atomic mass is 16.2. The number of H-pyrrole nitrogens is 1. The quantitative estimate of drug-likeness (QED) is 0.610. The van der Waals surface area contributed by atoms with Gasteiger partial charge in [0.1, 0.15) is 0 Å². The Morgan fingerprint density at radius 2 is 1.94 bits per heavy atom. The molecule has 1 aromatic carbocycles. The molecule has 4 rings (SSSR count). The van der Waals surface area contributed by atoms with Crippen molar-refractivity contribution < 1.29 is 4.79 Å². The Bertz CT molecular complexity index is 1240. The number of likely N-dealkylation sites (N-methyl/N-ethyl adjacent to an activating group) is 1. The minimum Gasteiger partial charge on any atom is -0.322 e. The van der Waals surface area contributed by atoms with E-state index in [1.54, 1.807) is 6.07 Å². The van der Waals surface area contributed by atoms with Gasteiger partial charge in [-0.2, -0.15) is 0 Å². The molecule has 1 aliphatic carbocycles. The first-order valence-electron chi connectivity index (χ1n) is 10.6. The molecular formula is C23H27N5O3. The van der Waals surface area contributed by atoms with Crippen LogP contribution in [0.5, 0.6) is 0 Å². The van der Waals surface area contributed by atoms with Gasteiger partial charge in [-0.15, -0.1) is 0 Å². The fourth-order valence-corrected chi connectivity index (χ4v) is 3.66. The number of rotatable bonds is 7. The summed E-state index contributed by atoms with van der Waals surface area (Å²) in [5.74, 6) is -0.117. The van der Waals surface area contributed by atoms with Gasteiger partial charge in [0.2, 0.25) is 0 Å². The molecule has 1 amide bonds. The number of amides is 1. The molecule has 31 heavy (non-hydrogen) atoms. The van der Waals surface area contributed by atoms with E-state index in [0.717, 1.165) is 31.5 Å². The van der Waals surface area contributed by atoms with Crippen LogP contribution in [0.4, 0.5) is 5.69 Å². The zero-order chi connectivity index (χ0) is 22.1. The van der Waals surface area contributed by atoms with Gasteiger partial charge in [-0.05, 0) is 64.0 Å². The minimum atomic E-state index is -0.594. The average molecular weight is 422 g/mol. The van der Waals surface area contributed by atoms with Gasteiger partial charge >= 0.3 is 5.69 Å². The van der Waals surface area contributed by atoms with E-state index in [1.165, 1.54) is 10.1 Å². The highest BCUT2D eigenvalue weighted by molar-refractivity contribution is 6.11. The Morgan fingerprint density at radius 1 is 1.23 bits per heavy atom. The third-order valence-electron chi connectivity index (χ3n) is 5.58. The summed E-state index contributed by atoms with van der Waals surface area (Å²) < 4.78 is 1.40. The molecule has 1 aliphatic rings. The van der Waals surface area contributed by atoms with Gasteiger partial charge in [-0.25, -0.2) is 9.78 Å². The Morgan fingerprint density at radius 3 is 2.55 bits per heavy atom. The predicted molar refractivity (Wildman–Crippen MR) is 121 cm³/mol. The van der Waals surface area contributed by atoms with Crippen molar-refractivity contribution >= 4 is 22.6 Å². The molecule has 8 heteroatoms. The molecule has 2 aromatic heterocycles. The number of fused-ring (bicyclic) bond motifs is 1. The van der Waals surface area contributed by atoms with Crippen LogP contribution in [0.2, 0.25) is 0 Å². The molecule has 162 valence electrons. The monoisotopic (exact) mass is 421 g/mol. The number of aryl methyl sites for hydroxylation is 1. The number of aromatic nitrogens is 3. The summed E-state index contributed by atoms with van der Waals surface area (Å²) in [6.45, 7) is 3.10. The summed E-state index contributed by atoms with van der Waals surface area (Å²) in [7, 11) is 4.06. The summed E-state index contributed by atoms with van der Waals surface area (Å²) in [5.41, 5.74) is 1.99. The molecule has 8 nitrogen and oxygen atoms in total. The van der Waals surface area contributed by atoms with Crippen LogP contribution in [0.3, 0.4) is 0 Å². The Balaban J connectivity index is 1.70. The molecule has 0 unspecified atom stereocenters. The number of hydrogen-bond donors (Lipinski definition) is 2. The number of carbonyl (C=O) groups is 1. The van der Waals surface area contributed by atoms with Crippen LogP contribution < -0.4 is 16.6 Å². The van der Waals surface area contributed by atoms with E-state index in [0.29, 0.717) is 12.2 Å². The predicted octanol–water partition coefficient (Wildman–Crippen LogP) is 2.34. The zero-order valence-corrected chi connectivity index (χ0v) is 18.1. The number of anilines is 1. The maximum absolute atomic E-state index is 13.2. The molecule has 1 fully saturated rings. The van der Waals surface area contributed by atoms with E-state index in [1.807, 2.05) is 45.3 Å². The lowest BCUT2D eigenvalue weighted by molar-refractivity contribution is 0.102. The van der Waals surface area contributed by atoms with Crippen molar-refractivity contribution in [2.24, 2.45) is 0 Å². The Hall–Kier alpha value is -3.26. The first-order chi connectivity index (χ1) is 14.9. The van der Waals surface area contributed by atoms with Crippen LogP contribution in [0, 0.1) is 0 Å². The first-order valence-corrected chi connectivity index (χ1v) is 10.6. The largest absolute Gasteiger partial charge is 0.329 e. The van der Waals surface area contributed by atoms with Crippen molar-refractivity contribution in [2.45, 2.75) is 38.6 Å². The molecule has 2 heterocycles. The lowest BCUT2D eigenvalue weighted by atomic mass is 10.1. The summed E-state index contributed by atoms with van der Waals surface area (Å²) in [5, 5.41) is 3.04. The lowest BCUT2D eigenvalue weighted by Crippen LogP contribution is -2.32. The normalized spacial score (nSPS) is 13.7. The molecule has 0 radical (unpaired) electrons. The van der Waals surface area contributed by atoms with Gasteiger partial charge in [-0.1, -0.05) is 12.1 Å². The van der Waals surface area contributed by atoms with Gasteiger partial charge in [0, 0.05) is 30.4 Å². The molecule has 0 spiro atoms. The molecule has 0 atom stereocenters. The van der Waals surface area contributed by atoms with E-state index in [2.05, 4.69) is 20.2 Å². The van der Waals surface area contributed by atoms with Crippen LogP contribution in [0.15, 0.2) is 39.9 Å². The summed E-state index contributed by atoms with van der Waals surface area (Å²) in [6.07, 6.45) is 2.91. The molecule has 0 aliphatic heterocycles. The van der Waals surface area contributed by atoms with Gasteiger partial charge in [0.25, 0.3) is 11.5 Å². The average Bonchev–Trinajstić information content (AvgIpc) is 3.58. The maximum Gasteiger partial charge on any atom is 0.329 e. The smallest absolute Gasteiger partial charge is 0.322 e. The van der Waals surface area contributed by atoms with Crippen LogP contribution in [0.1, 0.15) is 47.3 Å². The number of nitrogens with zero attached hydrogens (tertiary/aromatic N) is 3. The first kappa shape index (κ1) is 21.0. The van der Waals surface area contributed by atoms with Crippen molar-refractivity contribution in [3.63, 3.8) is 0 Å². The van der Waals surface area contributed by atoms with Crippen molar-refractivity contribution in [1.29, 1.82) is 0 Å². The Labute approximate surface area is 179 Å². The van der Waals surface area contributed by atoms with Gasteiger partial charge in [-0.3, -0.25) is 19.1 Å². The standard InChI is InChI=1S/C23H27N5O3/c1-4-28-20-19(22(30)26-23(28)31)17(13-18(25-20)15-7-8-15)21(29)24-16-9-5-14(6-10-16)11-12-27(2)3/h5-6,9-10,13,15H,4,7-8,11-12H2,1-3H3,(H,24,29)(H,26,30,31). The number of pyridine rings is 1. The van der Waals surface area contributed by atoms with Crippen LogP contribution >= 0.6 is 0 Å². The second-order valence-corrected chi connectivity index (χ2v) is 8.28. The maximum atomic E-state index is 13.2. The molecule has 3 aromatic rings. The third-order valence-corrected chi connectivity index (χ3v) is 5.58. The fourth-order valence-electron chi connectivity index (χ4n) is 3.66. The topological polar surface area (TPSA) is 100 Å². The highest BCUT2D eigenvalue weighted by Crippen LogP contribution is 2.40. The second-order valence-electron chi connectivity index (χ2n) is 8.28.